The SMILES string of the molecule is COc1ccc(S(=O)(=O)NC(c2nc(-c3ccncc3)no2)C(C)C)cc1. The standard InChI is InChI=1S/C18H20N4O4S/c1-12(2)16(18-20-17(21-26-18)13-8-10-19-11-9-13)22-27(23,24)15-6-4-14(25-3)5-7-15/h4-12,16,22H,1-3H3. The Kier molecular flexibility index (Phi) is 5.52. The van der Waals surface area contributed by atoms with Crippen molar-refractivity contribution in [3.63, 3.8) is 0 Å². The summed E-state index contributed by atoms with van der Waals surface area (Å²) in [5.41, 5.74) is 0.737. The zero-order valence-corrected chi connectivity index (χ0v) is 16.0. The Balaban J connectivity index is 1.86. The normalized spacial score (nSPS) is 12.9. The lowest BCUT2D eigenvalue weighted by atomic mass is 10.1. The van der Waals surface area contributed by atoms with E-state index in [0.29, 0.717) is 11.6 Å². The van der Waals surface area contributed by atoms with Gasteiger partial charge in [-0.15, -0.1) is 0 Å². The van der Waals surface area contributed by atoms with Gasteiger partial charge in [-0.3, -0.25) is 4.98 Å². The van der Waals surface area contributed by atoms with Gasteiger partial charge in [0.2, 0.25) is 21.7 Å². The lowest BCUT2D eigenvalue weighted by molar-refractivity contribution is 0.311. The number of hydrogen-bond acceptors (Lipinski definition) is 7. The third-order valence-electron chi connectivity index (χ3n) is 3.96. The first-order valence-corrected chi connectivity index (χ1v) is 9.79. The van der Waals surface area contributed by atoms with Gasteiger partial charge < -0.3 is 9.26 Å². The van der Waals surface area contributed by atoms with Crippen molar-refractivity contribution < 1.29 is 17.7 Å². The molecule has 3 rings (SSSR count). The Morgan fingerprint density at radius 2 is 1.74 bits per heavy atom. The van der Waals surface area contributed by atoms with E-state index in [1.54, 1.807) is 36.7 Å². The van der Waals surface area contributed by atoms with Crippen LogP contribution in [0.3, 0.4) is 0 Å². The number of rotatable bonds is 7. The molecule has 0 radical (unpaired) electrons. The van der Waals surface area contributed by atoms with Gasteiger partial charge in [-0.2, -0.15) is 9.71 Å². The fraction of sp³-hybridized carbons (Fsp3) is 0.278. The predicted octanol–water partition coefficient (Wildman–Crippen LogP) is 2.82. The molecule has 2 aromatic heterocycles. The van der Waals surface area contributed by atoms with Gasteiger partial charge in [0.1, 0.15) is 11.8 Å². The van der Waals surface area contributed by atoms with Crippen LogP contribution in [-0.4, -0.2) is 30.7 Å². The van der Waals surface area contributed by atoms with E-state index in [1.165, 1.54) is 19.2 Å². The number of nitrogens with zero attached hydrogens (tertiary/aromatic N) is 3. The number of hydrogen-bond donors (Lipinski definition) is 1. The number of benzene rings is 1. The van der Waals surface area contributed by atoms with Crippen LogP contribution in [0, 0.1) is 5.92 Å². The van der Waals surface area contributed by atoms with Crippen LogP contribution in [0.1, 0.15) is 25.8 Å². The van der Waals surface area contributed by atoms with E-state index in [1.807, 2.05) is 13.8 Å². The molecular formula is C18H20N4O4S. The highest BCUT2D eigenvalue weighted by Gasteiger charge is 2.28. The smallest absolute Gasteiger partial charge is 0.245 e. The monoisotopic (exact) mass is 388 g/mol. The molecule has 8 nitrogen and oxygen atoms in total. The lowest BCUT2D eigenvalue weighted by Crippen LogP contribution is -2.32. The Bertz CT molecular complexity index is 986. The minimum absolute atomic E-state index is 0.108. The quantitative estimate of drug-likeness (QED) is 0.663. The van der Waals surface area contributed by atoms with E-state index in [4.69, 9.17) is 9.26 Å². The van der Waals surface area contributed by atoms with Gasteiger partial charge >= 0.3 is 0 Å². The van der Waals surface area contributed by atoms with Gasteiger partial charge in [-0.1, -0.05) is 19.0 Å². The minimum atomic E-state index is -3.78. The molecule has 1 N–H and O–H groups in total. The molecule has 0 spiro atoms. The summed E-state index contributed by atoms with van der Waals surface area (Å²) in [4.78, 5) is 8.43. The van der Waals surface area contributed by atoms with Crippen LogP contribution < -0.4 is 9.46 Å². The number of methoxy groups -OCH3 is 1. The Hall–Kier alpha value is -2.78. The van der Waals surface area contributed by atoms with Gasteiger partial charge in [0, 0.05) is 18.0 Å². The van der Waals surface area contributed by atoms with Crippen molar-refractivity contribution in [1.82, 2.24) is 19.8 Å². The molecule has 0 bridgehead atoms. The maximum Gasteiger partial charge on any atom is 0.245 e. The molecule has 0 saturated heterocycles. The van der Waals surface area contributed by atoms with Crippen molar-refractivity contribution in [2.45, 2.75) is 24.8 Å². The van der Waals surface area contributed by atoms with E-state index in [-0.39, 0.29) is 16.7 Å². The molecule has 1 unspecified atom stereocenters. The highest BCUT2D eigenvalue weighted by atomic mass is 32.2. The van der Waals surface area contributed by atoms with Gasteiger partial charge in [0.25, 0.3) is 0 Å². The van der Waals surface area contributed by atoms with Crippen LogP contribution in [0.5, 0.6) is 5.75 Å². The Morgan fingerprint density at radius 1 is 1.07 bits per heavy atom. The van der Waals surface area contributed by atoms with Crippen molar-refractivity contribution in [2.24, 2.45) is 5.92 Å². The summed E-state index contributed by atoms with van der Waals surface area (Å²) in [5.74, 6) is 1.05. The topological polar surface area (TPSA) is 107 Å². The van der Waals surface area contributed by atoms with Gasteiger partial charge in [0.05, 0.1) is 12.0 Å². The summed E-state index contributed by atoms with van der Waals surface area (Å²) in [6, 6.07) is 8.98. The van der Waals surface area contributed by atoms with E-state index in [2.05, 4.69) is 19.8 Å². The zero-order chi connectivity index (χ0) is 19.4. The third kappa shape index (κ3) is 4.32. The highest BCUT2D eigenvalue weighted by molar-refractivity contribution is 7.89. The van der Waals surface area contributed by atoms with Crippen LogP contribution in [-0.2, 0) is 10.0 Å². The molecule has 3 aromatic rings. The van der Waals surface area contributed by atoms with Gasteiger partial charge in [-0.05, 0) is 42.3 Å². The second-order valence-electron chi connectivity index (χ2n) is 6.21. The molecule has 142 valence electrons. The van der Waals surface area contributed by atoms with E-state index in [0.717, 1.165) is 5.56 Å². The van der Waals surface area contributed by atoms with Crippen molar-refractivity contribution >= 4 is 10.0 Å². The maximum absolute atomic E-state index is 12.7. The molecule has 2 heterocycles. The van der Waals surface area contributed by atoms with E-state index in [9.17, 15) is 8.42 Å². The highest BCUT2D eigenvalue weighted by Crippen LogP contribution is 2.26. The first kappa shape index (κ1) is 19.0. The van der Waals surface area contributed by atoms with E-state index >= 15 is 0 Å². The van der Waals surface area contributed by atoms with Crippen molar-refractivity contribution in [3.8, 4) is 17.1 Å². The molecule has 0 amide bonds. The summed E-state index contributed by atoms with van der Waals surface area (Å²) in [7, 11) is -2.26. The maximum atomic E-state index is 12.7. The largest absolute Gasteiger partial charge is 0.497 e. The number of nitrogens with one attached hydrogen (secondary N) is 1. The van der Waals surface area contributed by atoms with E-state index < -0.39 is 16.1 Å². The van der Waals surface area contributed by atoms with Gasteiger partial charge in [-0.25, -0.2) is 8.42 Å². The molecule has 0 aliphatic carbocycles. The summed E-state index contributed by atoms with van der Waals surface area (Å²) >= 11 is 0. The molecule has 1 atom stereocenters. The van der Waals surface area contributed by atoms with Crippen molar-refractivity contribution in [3.05, 3.63) is 54.7 Å². The first-order chi connectivity index (χ1) is 12.9. The molecular weight excluding hydrogens is 368 g/mol. The first-order valence-electron chi connectivity index (χ1n) is 8.31. The predicted molar refractivity (Wildman–Crippen MR) is 98.4 cm³/mol. The Morgan fingerprint density at radius 3 is 2.33 bits per heavy atom. The van der Waals surface area contributed by atoms with Crippen LogP contribution in [0.2, 0.25) is 0 Å². The average molecular weight is 388 g/mol. The molecule has 0 aliphatic rings. The van der Waals surface area contributed by atoms with Crippen molar-refractivity contribution in [1.29, 1.82) is 0 Å². The summed E-state index contributed by atoms with van der Waals surface area (Å²) in [5, 5.41) is 3.95. The van der Waals surface area contributed by atoms with Crippen LogP contribution in [0.15, 0.2) is 58.2 Å². The molecule has 9 heteroatoms. The molecule has 1 aromatic carbocycles. The summed E-state index contributed by atoms with van der Waals surface area (Å²) < 4.78 is 38.5. The van der Waals surface area contributed by atoms with Crippen LogP contribution in [0.25, 0.3) is 11.4 Å². The third-order valence-corrected chi connectivity index (χ3v) is 5.42. The van der Waals surface area contributed by atoms with Gasteiger partial charge in [0.15, 0.2) is 0 Å². The van der Waals surface area contributed by atoms with Crippen molar-refractivity contribution in [2.75, 3.05) is 7.11 Å². The molecule has 0 saturated carbocycles. The molecule has 0 aliphatic heterocycles. The average Bonchev–Trinajstić information content (AvgIpc) is 3.16. The van der Waals surface area contributed by atoms with Crippen LogP contribution >= 0.6 is 0 Å². The second-order valence-corrected chi connectivity index (χ2v) is 7.92. The fourth-order valence-corrected chi connectivity index (χ4v) is 3.78. The zero-order valence-electron chi connectivity index (χ0n) is 15.2. The summed E-state index contributed by atoms with van der Waals surface area (Å²) in [6.07, 6.45) is 3.25. The fourth-order valence-electron chi connectivity index (χ4n) is 2.44. The minimum Gasteiger partial charge on any atom is -0.497 e. The molecule has 27 heavy (non-hydrogen) atoms. The van der Waals surface area contributed by atoms with Crippen LogP contribution in [0.4, 0.5) is 0 Å². The molecule has 0 fully saturated rings. The number of aromatic nitrogens is 3. The number of pyridine rings is 1. The second kappa shape index (κ2) is 7.85. The Labute approximate surface area is 157 Å². The number of ether oxygens (including phenoxy) is 1. The lowest BCUT2D eigenvalue weighted by Gasteiger charge is -2.18. The number of sulfonamides is 1. The summed E-state index contributed by atoms with van der Waals surface area (Å²) in [6.45, 7) is 3.75.